The normalized spacial score (nSPS) is 11.9. The number of hydrogen-bond donors (Lipinski definition) is 0. The summed E-state index contributed by atoms with van der Waals surface area (Å²) in [6, 6.07) is 56.8. The zero-order valence-electron chi connectivity index (χ0n) is 27.2. The van der Waals surface area contributed by atoms with Crippen LogP contribution in [0.1, 0.15) is 0 Å². The van der Waals surface area contributed by atoms with Crippen LogP contribution in [0.3, 0.4) is 0 Å². The summed E-state index contributed by atoms with van der Waals surface area (Å²) in [7, 11) is 0. The molecule has 0 N–H and O–H groups in total. The molecule has 11 aromatic rings. The van der Waals surface area contributed by atoms with Crippen LogP contribution in [0.25, 0.3) is 105 Å². The number of rotatable bonds is 4. The van der Waals surface area contributed by atoms with E-state index in [0.29, 0.717) is 17.1 Å². The van der Waals surface area contributed by atoms with Crippen molar-refractivity contribution in [2.24, 2.45) is 0 Å². The van der Waals surface area contributed by atoms with Gasteiger partial charge < -0.3 is 13.4 Å². The van der Waals surface area contributed by atoms with Crippen molar-refractivity contribution in [1.82, 2.24) is 14.5 Å². The Bertz CT molecular complexity index is 3080. The zero-order chi connectivity index (χ0) is 33.5. The number of furan rings is 2. The number of para-hydroxylation sites is 4. The summed E-state index contributed by atoms with van der Waals surface area (Å²) < 4.78 is 15.4. The summed E-state index contributed by atoms with van der Waals surface area (Å²) >= 11 is 0. The predicted molar refractivity (Wildman–Crippen MR) is 207 cm³/mol. The maximum Gasteiger partial charge on any atom is 0.180 e. The first-order chi connectivity index (χ1) is 25.3. The van der Waals surface area contributed by atoms with Crippen LogP contribution >= 0.6 is 0 Å². The van der Waals surface area contributed by atoms with Gasteiger partial charge in [-0.3, -0.25) is 0 Å². The standard InChI is InChI=1S/C46H27N3O2/c1-2-11-29(12-3-1)46-47-42(36-17-10-16-35-34-15-6-9-20-40(34)50-44(35)36)45-43(48-46)37-27-30(23-26-41(37)51-45)28-21-24-31(25-22-28)49-38-18-7-4-13-32(38)33-14-5-8-19-39(33)49/h1-27H. The lowest BCUT2D eigenvalue weighted by atomic mass is 10.0. The van der Waals surface area contributed by atoms with Crippen LogP contribution in [-0.4, -0.2) is 14.5 Å². The van der Waals surface area contributed by atoms with Crippen molar-refractivity contribution in [3.8, 4) is 39.5 Å². The summed E-state index contributed by atoms with van der Waals surface area (Å²) in [6.07, 6.45) is 0. The molecule has 7 aromatic carbocycles. The van der Waals surface area contributed by atoms with Crippen molar-refractivity contribution in [2.45, 2.75) is 0 Å². The molecule has 5 heteroatoms. The lowest BCUT2D eigenvalue weighted by Gasteiger charge is -2.09. The van der Waals surface area contributed by atoms with E-state index in [2.05, 4.69) is 114 Å². The molecule has 238 valence electrons. The van der Waals surface area contributed by atoms with E-state index in [4.69, 9.17) is 18.8 Å². The van der Waals surface area contributed by atoms with E-state index in [-0.39, 0.29) is 0 Å². The van der Waals surface area contributed by atoms with Crippen LogP contribution in [0, 0.1) is 0 Å². The number of aromatic nitrogens is 3. The molecule has 0 aliphatic heterocycles. The van der Waals surface area contributed by atoms with Crippen LogP contribution in [0.5, 0.6) is 0 Å². The van der Waals surface area contributed by atoms with Crippen LogP contribution in [0.15, 0.2) is 173 Å². The third kappa shape index (κ3) is 4.22. The molecule has 0 bridgehead atoms. The van der Waals surface area contributed by atoms with Crippen molar-refractivity contribution in [2.75, 3.05) is 0 Å². The Hall–Kier alpha value is -6.98. The molecule has 0 aliphatic rings. The quantitative estimate of drug-likeness (QED) is 0.190. The lowest BCUT2D eigenvalue weighted by Crippen LogP contribution is -1.94. The van der Waals surface area contributed by atoms with Crippen molar-refractivity contribution >= 4 is 65.8 Å². The van der Waals surface area contributed by atoms with Crippen molar-refractivity contribution in [3.63, 3.8) is 0 Å². The Morgan fingerprint density at radius 1 is 0.412 bits per heavy atom. The average Bonchev–Trinajstić information content (AvgIpc) is 3.87. The zero-order valence-corrected chi connectivity index (χ0v) is 27.2. The fourth-order valence-corrected chi connectivity index (χ4v) is 7.66. The summed E-state index contributed by atoms with van der Waals surface area (Å²) in [6.45, 7) is 0. The van der Waals surface area contributed by atoms with Crippen LogP contribution in [-0.2, 0) is 0 Å². The molecule has 0 spiro atoms. The fourth-order valence-electron chi connectivity index (χ4n) is 7.66. The van der Waals surface area contributed by atoms with Crippen LogP contribution in [0.4, 0.5) is 0 Å². The molecule has 51 heavy (non-hydrogen) atoms. The molecule has 4 aromatic heterocycles. The molecule has 0 saturated heterocycles. The molecule has 5 nitrogen and oxygen atoms in total. The molecule has 0 fully saturated rings. The Morgan fingerprint density at radius 3 is 1.82 bits per heavy atom. The second kappa shape index (κ2) is 10.8. The number of fused-ring (bicyclic) bond motifs is 9. The van der Waals surface area contributed by atoms with Crippen molar-refractivity contribution < 1.29 is 8.83 Å². The average molecular weight is 654 g/mol. The van der Waals surface area contributed by atoms with Gasteiger partial charge in [-0.15, -0.1) is 0 Å². The monoisotopic (exact) mass is 653 g/mol. The van der Waals surface area contributed by atoms with Crippen LogP contribution < -0.4 is 0 Å². The minimum Gasteiger partial charge on any atom is -0.455 e. The Kier molecular flexibility index (Phi) is 5.89. The summed E-state index contributed by atoms with van der Waals surface area (Å²) in [5.74, 6) is 0.634. The number of hydrogen-bond acceptors (Lipinski definition) is 4. The van der Waals surface area contributed by atoms with E-state index in [1.165, 1.54) is 21.8 Å². The maximum absolute atomic E-state index is 6.62. The topological polar surface area (TPSA) is 57.0 Å². The molecule has 0 unspecified atom stereocenters. The molecular weight excluding hydrogens is 627 g/mol. The minimum absolute atomic E-state index is 0.634. The molecule has 0 amide bonds. The SMILES string of the molecule is c1ccc(-c2nc(-c3cccc4c3oc3ccccc34)c3oc4ccc(-c5ccc(-n6c7ccccc7c7ccccc76)cc5)cc4c3n2)cc1. The Labute approximate surface area is 291 Å². The van der Waals surface area contributed by atoms with E-state index in [1.54, 1.807) is 0 Å². The van der Waals surface area contributed by atoms with E-state index in [9.17, 15) is 0 Å². The highest BCUT2D eigenvalue weighted by Gasteiger charge is 2.22. The van der Waals surface area contributed by atoms with E-state index < -0.39 is 0 Å². The first kappa shape index (κ1) is 27.9. The highest BCUT2D eigenvalue weighted by molar-refractivity contribution is 6.14. The van der Waals surface area contributed by atoms with Gasteiger partial charge in [0.05, 0.1) is 11.0 Å². The largest absolute Gasteiger partial charge is 0.455 e. The molecular formula is C46H27N3O2. The van der Waals surface area contributed by atoms with Gasteiger partial charge in [0.1, 0.15) is 28.0 Å². The first-order valence-electron chi connectivity index (χ1n) is 17.1. The third-order valence-corrected chi connectivity index (χ3v) is 10.0. The first-order valence-corrected chi connectivity index (χ1v) is 17.1. The fraction of sp³-hybridized carbons (Fsp3) is 0. The van der Waals surface area contributed by atoms with Crippen molar-refractivity contribution in [1.29, 1.82) is 0 Å². The van der Waals surface area contributed by atoms with Crippen LogP contribution in [0.2, 0.25) is 0 Å². The number of benzene rings is 7. The highest BCUT2D eigenvalue weighted by Crippen LogP contribution is 2.41. The molecule has 0 atom stereocenters. The van der Waals surface area contributed by atoms with E-state index in [1.807, 2.05) is 54.6 Å². The third-order valence-electron chi connectivity index (χ3n) is 10.0. The second-order valence-electron chi connectivity index (χ2n) is 12.9. The van der Waals surface area contributed by atoms with Crippen molar-refractivity contribution in [3.05, 3.63) is 164 Å². The number of nitrogens with zero attached hydrogens (tertiary/aromatic N) is 3. The van der Waals surface area contributed by atoms with Gasteiger partial charge in [0.2, 0.25) is 0 Å². The Balaban J connectivity index is 1.09. The lowest BCUT2D eigenvalue weighted by molar-refractivity contribution is 0.663. The molecule has 0 saturated carbocycles. The highest BCUT2D eigenvalue weighted by atomic mass is 16.3. The van der Waals surface area contributed by atoms with Gasteiger partial charge in [0.25, 0.3) is 0 Å². The molecule has 4 heterocycles. The molecule has 0 aliphatic carbocycles. The van der Waals surface area contributed by atoms with Gasteiger partial charge >= 0.3 is 0 Å². The maximum atomic E-state index is 6.62. The van der Waals surface area contributed by atoms with Gasteiger partial charge in [-0.1, -0.05) is 115 Å². The predicted octanol–water partition coefficient (Wildman–Crippen LogP) is 12.4. The second-order valence-corrected chi connectivity index (χ2v) is 12.9. The Morgan fingerprint density at radius 2 is 1.04 bits per heavy atom. The summed E-state index contributed by atoms with van der Waals surface area (Å²) in [4.78, 5) is 10.3. The van der Waals surface area contributed by atoms with Gasteiger partial charge in [0.15, 0.2) is 11.4 Å². The van der Waals surface area contributed by atoms with Gasteiger partial charge in [-0.25, -0.2) is 9.97 Å². The summed E-state index contributed by atoms with van der Waals surface area (Å²) in [5, 5.41) is 5.55. The van der Waals surface area contributed by atoms with Gasteiger partial charge in [-0.2, -0.15) is 0 Å². The van der Waals surface area contributed by atoms with Gasteiger partial charge in [-0.05, 0) is 59.7 Å². The molecule has 0 radical (unpaired) electrons. The van der Waals surface area contributed by atoms with E-state index >= 15 is 0 Å². The summed E-state index contributed by atoms with van der Waals surface area (Å²) in [5.41, 5.74) is 12.0. The minimum atomic E-state index is 0.634. The van der Waals surface area contributed by atoms with Gasteiger partial charge in [0, 0.05) is 43.7 Å². The smallest absolute Gasteiger partial charge is 0.180 e. The molecule has 11 rings (SSSR count). The van der Waals surface area contributed by atoms with E-state index in [0.717, 1.165) is 66.4 Å².